The molecule has 1 aliphatic rings. The van der Waals surface area contributed by atoms with Crippen molar-refractivity contribution in [3.05, 3.63) is 77.4 Å². The lowest BCUT2D eigenvalue weighted by atomic mass is 9.91. The van der Waals surface area contributed by atoms with E-state index in [0.717, 1.165) is 11.3 Å². The zero-order valence-corrected chi connectivity index (χ0v) is 21.7. The zero-order valence-electron chi connectivity index (χ0n) is 21.7. The smallest absolute Gasteiger partial charge is 0.410 e. The molecule has 0 atom stereocenters. The third kappa shape index (κ3) is 6.47. The molecule has 1 N–H and O–H groups in total. The summed E-state index contributed by atoms with van der Waals surface area (Å²) < 4.78 is 26.1. The Morgan fingerprint density at radius 2 is 1.81 bits per heavy atom. The molecule has 1 saturated heterocycles. The topological polar surface area (TPSA) is 85.7 Å². The third-order valence-electron chi connectivity index (χ3n) is 6.24. The number of hydrogen-bond acceptors (Lipinski definition) is 5. The van der Waals surface area contributed by atoms with E-state index in [4.69, 9.17) is 9.47 Å². The van der Waals surface area contributed by atoms with Crippen LogP contribution in [-0.2, 0) is 11.3 Å². The number of benzene rings is 2. The van der Waals surface area contributed by atoms with Crippen LogP contribution in [-0.4, -0.2) is 52.5 Å². The summed E-state index contributed by atoms with van der Waals surface area (Å²) in [6.45, 7) is 6.85. The Labute approximate surface area is 216 Å². The molecule has 0 spiro atoms. The van der Waals surface area contributed by atoms with Gasteiger partial charge in [-0.3, -0.25) is 4.79 Å². The average Bonchev–Trinajstić information content (AvgIpc) is 3.32. The maximum absolute atomic E-state index is 13.6. The maximum atomic E-state index is 13.6. The van der Waals surface area contributed by atoms with Crippen molar-refractivity contribution < 1.29 is 23.5 Å². The molecule has 2 aromatic carbocycles. The molecule has 196 valence electrons. The maximum Gasteiger partial charge on any atom is 0.410 e. The molecule has 0 saturated carbocycles. The molecule has 1 aliphatic heterocycles. The molecule has 4 rings (SSSR count). The molecule has 2 heterocycles. The molecule has 9 heteroatoms. The summed E-state index contributed by atoms with van der Waals surface area (Å²) in [4.78, 5) is 27.6. The Hall–Kier alpha value is -3.88. The van der Waals surface area contributed by atoms with Crippen molar-refractivity contribution in [2.75, 3.05) is 20.2 Å². The molecule has 8 nitrogen and oxygen atoms in total. The van der Waals surface area contributed by atoms with E-state index in [1.165, 1.54) is 12.1 Å². The third-order valence-corrected chi connectivity index (χ3v) is 6.24. The Bertz CT molecular complexity index is 1240. The first-order valence-corrected chi connectivity index (χ1v) is 12.4. The van der Waals surface area contributed by atoms with Crippen molar-refractivity contribution in [1.29, 1.82) is 0 Å². The summed E-state index contributed by atoms with van der Waals surface area (Å²) in [5.41, 5.74) is 2.22. The molecule has 0 aliphatic carbocycles. The first-order chi connectivity index (χ1) is 17.6. The highest BCUT2D eigenvalue weighted by Crippen LogP contribution is 2.33. The fraction of sp³-hybridized carbons (Fsp3) is 0.393. The fourth-order valence-corrected chi connectivity index (χ4v) is 4.44. The van der Waals surface area contributed by atoms with E-state index in [9.17, 15) is 14.0 Å². The molecule has 3 aromatic rings. The minimum Gasteiger partial charge on any atom is -0.497 e. The second-order valence-electron chi connectivity index (χ2n) is 10.1. The predicted octanol–water partition coefficient (Wildman–Crippen LogP) is 5.06. The number of methoxy groups -OCH3 is 1. The first-order valence-electron chi connectivity index (χ1n) is 12.4. The van der Waals surface area contributed by atoms with E-state index in [1.807, 2.05) is 45.0 Å². The van der Waals surface area contributed by atoms with Crippen LogP contribution in [0.1, 0.15) is 61.1 Å². The fourth-order valence-electron chi connectivity index (χ4n) is 4.44. The molecule has 1 fully saturated rings. The number of likely N-dealkylation sites (tertiary alicyclic amines) is 1. The Balaban J connectivity index is 1.56. The number of hydrogen-bond donors (Lipinski definition) is 1. The summed E-state index contributed by atoms with van der Waals surface area (Å²) in [7, 11) is 1.60. The van der Waals surface area contributed by atoms with Gasteiger partial charge in [0.05, 0.1) is 30.3 Å². The van der Waals surface area contributed by atoms with Crippen LogP contribution in [0.5, 0.6) is 5.75 Å². The number of carbonyl (C=O) groups is 2. The van der Waals surface area contributed by atoms with Crippen LogP contribution in [0.4, 0.5) is 9.18 Å². The lowest BCUT2D eigenvalue weighted by molar-refractivity contribution is 0.0203. The van der Waals surface area contributed by atoms with Gasteiger partial charge < -0.3 is 19.7 Å². The minimum atomic E-state index is -0.566. The highest BCUT2D eigenvalue weighted by atomic mass is 19.1. The van der Waals surface area contributed by atoms with E-state index in [2.05, 4.69) is 10.4 Å². The van der Waals surface area contributed by atoms with Gasteiger partial charge in [-0.15, -0.1) is 0 Å². The van der Waals surface area contributed by atoms with Gasteiger partial charge >= 0.3 is 6.09 Å². The van der Waals surface area contributed by atoms with Gasteiger partial charge in [0.1, 0.15) is 17.2 Å². The van der Waals surface area contributed by atoms with Gasteiger partial charge in [0, 0.05) is 25.6 Å². The molecular formula is C28H33FN4O4. The number of rotatable bonds is 6. The van der Waals surface area contributed by atoms with Crippen LogP contribution in [0.3, 0.4) is 0 Å². The number of piperidine rings is 1. The van der Waals surface area contributed by atoms with Crippen LogP contribution in [0, 0.1) is 5.82 Å². The lowest BCUT2D eigenvalue weighted by Crippen LogP contribution is -2.41. The number of halogens is 1. The van der Waals surface area contributed by atoms with Crippen molar-refractivity contribution in [2.45, 2.75) is 51.7 Å². The highest BCUT2D eigenvalue weighted by molar-refractivity contribution is 5.95. The van der Waals surface area contributed by atoms with Crippen LogP contribution < -0.4 is 10.1 Å². The number of nitrogens with one attached hydrogen (secondary N) is 1. The van der Waals surface area contributed by atoms with Crippen LogP contribution in [0.25, 0.3) is 5.69 Å². The molecule has 2 amide bonds. The van der Waals surface area contributed by atoms with E-state index in [1.54, 1.807) is 35.0 Å². The molecular weight excluding hydrogens is 475 g/mol. The van der Waals surface area contributed by atoms with Crippen LogP contribution in [0.15, 0.2) is 54.7 Å². The van der Waals surface area contributed by atoms with E-state index < -0.39 is 5.60 Å². The number of aromatic nitrogens is 2. The van der Waals surface area contributed by atoms with E-state index in [0.29, 0.717) is 49.5 Å². The van der Waals surface area contributed by atoms with Crippen molar-refractivity contribution >= 4 is 12.0 Å². The normalized spacial score (nSPS) is 14.4. The predicted molar refractivity (Wildman–Crippen MR) is 137 cm³/mol. The SMILES string of the molecule is COc1cccc(CNC(=O)c2cnn(-c3ccc(F)cc3)c2C2CCN(C(=O)OC(C)(C)C)CC2)c1. The number of carbonyl (C=O) groups excluding carboxylic acids is 2. The van der Waals surface area contributed by atoms with Gasteiger partial charge in [0.15, 0.2) is 0 Å². The van der Waals surface area contributed by atoms with Gasteiger partial charge in [-0.2, -0.15) is 5.10 Å². The molecule has 37 heavy (non-hydrogen) atoms. The number of nitrogens with zero attached hydrogens (tertiary/aromatic N) is 3. The molecule has 0 unspecified atom stereocenters. The molecule has 0 bridgehead atoms. The van der Waals surface area contributed by atoms with Gasteiger partial charge in [0.25, 0.3) is 5.91 Å². The zero-order chi connectivity index (χ0) is 26.6. The summed E-state index contributed by atoms with van der Waals surface area (Å²) in [6.07, 6.45) is 2.50. The second kappa shape index (κ2) is 11.0. The van der Waals surface area contributed by atoms with Crippen molar-refractivity contribution in [1.82, 2.24) is 20.0 Å². The standard InChI is InChI=1S/C28H33FN4O4/c1-28(2,3)37-27(35)32-14-12-20(13-15-32)25-24(18-31-33(25)22-10-8-21(29)9-11-22)26(34)30-17-19-6-5-7-23(16-19)36-4/h5-11,16,18,20H,12-15,17H2,1-4H3,(H,30,34). The molecule has 0 radical (unpaired) electrons. The lowest BCUT2D eigenvalue weighted by Gasteiger charge is -2.34. The summed E-state index contributed by atoms with van der Waals surface area (Å²) >= 11 is 0. The monoisotopic (exact) mass is 508 g/mol. The summed E-state index contributed by atoms with van der Waals surface area (Å²) in [6, 6.07) is 13.5. The van der Waals surface area contributed by atoms with E-state index in [-0.39, 0.29) is 23.7 Å². The Morgan fingerprint density at radius 3 is 2.46 bits per heavy atom. The number of amides is 2. The summed E-state index contributed by atoms with van der Waals surface area (Å²) in [5, 5.41) is 7.49. The van der Waals surface area contributed by atoms with Crippen molar-refractivity contribution in [2.24, 2.45) is 0 Å². The quantitative estimate of drug-likeness (QED) is 0.503. The van der Waals surface area contributed by atoms with Crippen LogP contribution in [0.2, 0.25) is 0 Å². The van der Waals surface area contributed by atoms with E-state index >= 15 is 0 Å². The van der Waals surface area contributed by atoms with Gasteiger partial charge in [-0.25, -0.2) is 13.9 Å². The van der Waals surface area contributed by atoms with Gasteiger partial charge in [-0.05, 0) is 75.6 Å². The second-order valence-corrected chi connectivity index (χ2v) is 10.1. The highest BCUT2D eigenvalue weighted by Gasteiger charge is 2.32. The Kier molecular flexibility index (Phi) is 7.80. The first kappa shape index (κ1) is 26.2. The minimum absolute atomic E-state index is 0.0243. The van der Waals surface area contributed by atoms with Gasteiger partial charge in [-0.1, -0.05) is 12.1 Å². The number of ether oxygens (including phenoxy) is 2. The average molecular weight is 509 g/mol. The summed E-state index contributed by atoms with van der Waals surface area (Å²) in [5.74, 6) is 0.0947. The van der Waals surface area contributed by atoms with Crippen molar-refractivity contribution in [3.63, 3.8) is 0 Å². The largest absolute Gasteiger partial charge is 0.497 e. The van der Waals surface area contributed by atoms with Crippen LogP contribution >= 0.6 is 0 Å². The van der Waals surface area contributed by atoms with Gasteiger partial charge in [0.2, 0.25) is 0 Å². The Morgan fingerprint density at radius 1 is 1.11 bits per heavy atom. The van der Waals surface area contributed by atoms with Crippen molar-refractivity contribution in [3.8, 4) is 11.4 Å². The molecule has 1 aromatic heterocycles.